The Bertz CT molecular complexity index is 155. The van der Waals surface area contributed by atoms with Crippen LogP contribution in [-0.2, 0) is 0 Å². The fourth-order valence-electron chi connectivity index (χ4n) is 0.749. The van der Waals surface area contributed by atoms with E-state index >= 15 is 0 Å². The van der Waals surface area contributed by atoms with E-state index in [2.05, 4.69) is 11.9 Å². The molecular weight excluding hydrogens is 126 g/mol. The molecule has 0 fully saturated rings. The molecule has 0 spiro atoms. The van der Waals surface area contributed by atoms with Crippen LogP contribution in [0.4, 0.5) is 0 Å². The van der Waals surface area contributed by atoms with Crippen molar-refractivity contribution in [2.24, 2.45) is 16.6 Å². The molecule has 0 heterocycles. The number of aliphatic imine (C=N–C) groups is 1. The van der Waals surface area contributed by atoms with Crippen molar-refractivity contribution in [2.45, 2.75) is 26.7 Å². The second kappa shape index (κ2) is 4.80. The molecule has 0 aromatic rings. The Morgan fingerprint density at radius 2 is 2.40 bits per heavy atom. The van der Waals surface area contributed by atoms with Crippen molar-refractivity contribution >= 4 is 5.84 Å². The number of hydrogen-bond donors (Lipinski definition) is 1. The van der Waals surface area contributed by atoms with Crippen LogP contribution in [0.15, 0.2) is 4.99 Å². The first-order valence-corrected chi connectivity index (χ1v) is 3.44. The van der Waals surface area contributed by atoms with Crippen molar-refractivity contribution in [3.63, 3.8) is 0 Å². The molecule has 0 saturated carbocycles. The summed E-state index contributed by atoms with van der Waals surface area (Å²) in [5.74, 6) is 0.689. The van der Waals surface area contributed by atoms with E-state index in [1.165, 1.54) is 0 Å². The first-order valence-electron chi connectivity index (χ1n) is 3.44. The van der Waals surface area contributed by atoms with E-state index in [1.54, 1.807) is 6.19 Å². The smallest absolute Gasteiger partial charge is 0.207 e. The predicted molar refractivity (Wildman–Crippen MR) is 41.3 cm³/mol. The van der Waals surface area contributed by atoms with E-state index in [1.807, 2.05) is 6.92 Å². The Balaban J connectivity index is 3.84. The number of rotatable bonds is 3. The van der Waals surface area contributed by atoms with Gasteiger partial charge in [0.1, 0.15) is 5.84 Å². The maximum atomic E-state index is 8.14. The average molecular weight is 139 g/mol. The van der Waals surface area contributed by atoms with Gasteiger partial charge in [-0.2, -0.15) is 10.3 Å². The monoisotopic (exact) mass is 139 g/mol. The van der Waals surface area contributed by atoms with Crippen LogP contribution in [0.3, 0.4) is 0 Å². The minimum Gasteiger partial charge on any atom is -0.386 e. The minimum atomic E-state index is 0.240. The van der Waals surface area contributed by atoms with Gasteiger partial charge in [0.15, 0.2) is 0 Å². The average Bonchev–Trinajstić information content (AvgIpc) is 1.89. The van der Waals surface area contributed by atoms with Crippen molar-refractivity contribution in [3.05, 3.63) is 0 Å². The first-order chi connectivity index (χ1) is 4.72. The Labute approximate surface area is 61.6 Å². The van der Waals surface area contributed by atoms with Crippen LogP contribution < -0.4 is 5.73 Å². The molecule has 10 heavy (non-hydrogen) atoms. The molecule has 0 aromatic heterocycles. The minimum absolute atomic E-state index is 0.240. The van der Waals surface area contributed by atoms with Gasteiger partial charge >= 0.3 is 0 Å². The van der Waals surface area contributed by atoms with Gasteiger partial charge in [0, 0.05) is 5.92 Å². The zero-order valence-electron chi connectivity index (χ0n) is 6.46. The highest BCUT2D eigenvalue weighted by Gasteiger charge is 2.03. The molecule has 0 amide bonds. The number of nitrogens with zero attached hydrogens (tertiary/aromatic N) is 2. The molecule has 0 radical (unpaired) electrons. The summed E-state index contributed by atoms with van der Waals surface area (Å²) < 4.78 is 0. The number of nitriles is 1. The Kier molecular flexibility index (Phi) is 4.30. The largest absolute Gasteiger partial charge is 0.386 e. The number of hydrogen-bond acceptors (Lipinski definition) is 2. The van der Waals surface area contributed by atoms with Crippen molar-refractivity contribution in [2.75, 3.05) is 0 Å². The topological polar surface area (TPSA) is 62.2 Å². The third kappa shape index (κ3) is 3.08. The molecule has 0 bridgehead atoms. The molecule has 0 aliphatic rings. The van der Waals surface area contributed by atoms with E-state index in [4.69, 9.17) is 11.0 Å². The van der Waals surface area contributed by atoms with Crippen LogP contribution in [0.2, 0.25) is 0 Å². The van der Waals surface area contributed by atoms with E-state index < -0.39 is 0 Å². The molecule has 0 aliphatic heterocycles. The van der Waals surface area contributed by atoms with E-state index in [-0.39, 0.29) is 5.92 Å². The molecule has 0 aliphatic carbocycles. The lowest BCUT2D eigenvalue weighted by Gasteiger charge is -2.05. The Morgan fingerprint density at radius 3 is 2.80 bits per heavy atom. The summed E-state index contributed by atoms with van der Waals surface area (Å²) in [6, 6.07) is 0. The highest BCUT2D eigenvalue weighted by molar-refractivity contribution is 5.83. The van der Waals surface area contributed by atoms with Gasteiger partial charge in [0.25, 0.3) is 0 Å². The Hall–Kier alpha value is -1.04. The van der Waals surface area contributed by atoms with Crippen LogP contribution in [0.1, 0.15) is 26.7 Å². The summed E-state index contributed by atoms with van der Waals surface area (Å²) in [6.45, 7) is 4.05. The quantitative estimate of drug-likeness (QED) is 0.363. The van der Waals surface area contributed by atoms with E-state index in [0.717, 1.165) is 12.8 Å². The molecule has 56 valence electrons. The van der Waals surface area contributed by atoms with Gasteiger partial charge in [-0.15, -0.1) is 0 Å². The fraction of sp³-hybridized carbons (Fsp3) is 0.714. The standard InChI is InChI=1S/C7H13N3/c1-3-4-6(2)7(9)10-5-8/h6H,3-4H2,1-2H3,(H2,9,10). The van der Waals surface area contributed by atoms with Crippen molar-refractivity contribution in [1.82, 2.24) is 0 Å². The van der Waals surface area contributed by atoms with Crippen LogP contribution >= 0.6 is 0 Å². The second-order valence-corrected chi connectivity index (χ2v) is 2.33. The van der Waals surface area contributed by atoms with Crippen molar-refractivity contribution < 1.29 is 0 Å². The zero-order chi connectivity index (χ0) is 7.98. The van der Waals surface area contributed by atoms with Crippen LogP contribution in [0, 0.1) is 17.4 Å². The van der Waals surface area contributed by atoms with Gasteiger partial charge in [0.05, 0.1) is 0 Å². The summed E-state index contributed by atoms with van der Waals surface area (Å²) in [4.78, 5) is 3.44. The molecule has 3 nitrogen and oxygen atoms in total. The lowest BCUT2D eigenvalue weighted by atomic mass is 10.1. The van der Waals surface area contributed by atoms with Gasteiger partial charge in [-0.05, 0) is 6.42 Å². The van der Waals surface area contributed by atoms with Crippen LogP contribution in [0.25, 0.3) is 0 Å². The molecule has 2 N–H and O–H groups in total. The van der Waals surface area contributed by atoms with Gasteiger partial charge in [-0.1, -0.05) is 20.3 Å². The normalized spacial score (nSPS) is 14.3. The third-order valence-corrected chi connectivity index (χ3v) is 1.41. The molecule has 3 heteroatoms. The van der Waals surface area contributed by atoms with Crippen molar-refractivity contribution in [3.8, 4) is 6.19 Å². The maximum Gasteiger partial charge on any atom is 0.207 e. The van der Waals surface area contributed by atoms with Crippen LogP contribution in [0.5, 0.6) is 0 Å². The highest BCUT2D eigenvalue weighted by atomic mass is 14.9. The predicted octanol–water partition coefficient (Wildman–Crippen LogP) is 1.26. The zero-order valence-corrected chi connectivity index (χ0v) is 6.46. The fourth-order valence-corrected chi connectivity index (χ4v) is 0.749. The lowest BCUT2D eigenvalue weighted by molar-refractivity contribution is 0.662. The maximum absolute atomic E-state index is 8.14. The molecule has 0 saturated heterocycles. The molecular formula is C7H13N3. The van der Waals surface area contributed by atoms with Crippen LogP contribution in [-0.4, -0.2) is 5.84 Å². The Morgan fingerprint density at radius 1 is 1.80 bits per heavy atom. The summed E-state index contributed by atoms with van der Waals surface area (Å²) in [5.41, 5.74) is 5.44. The lowest BCUT2D eigenvalue weighted by Crippen LogP contribution is -2.20. The van der Waals surface area contributed by atoms with Gasteiger partial charge < -0.3 is 5.73 Å². The van der Waals surface area contributed by atoms with Crippen molar-refractivity contribution in [1.29, 1.82) is 5.26 Å². The van der Waals surface area contributed by atoms with Gasteiger partial charge in [-0.25, -0.2) is 0 Å². The van der Waals surface area contributed by atoms with E-state index in [9.17, 15) is 0 Å². The summed E-state index contributed by atoms with van der Waals surface area (Å²) in [6.07, 6.45) is 3.74. The van der Waals surface area contributed by atoms with Gasteiger partial charge in [0.2, 0.25) is 6.19 Å². The summed E-state index contributed by atoms with van der Waals surface area (Å²) >= 11 is 0. The number of nitrogens with two attached hydrogens (primary N) is 1. The summed E-state index contributed by atoms with van der Waals surface area (Å²) in [5, 5.41) is 8.14. The van der Waals surface area contributed by atoms with Gasteiger partial charge in [-0.3, -0.25) is 0 Å². The molecule has 0 aromatic carbocycles. The molecule has 0 rings (SSSR count). The SMILES string of the molecule is CCCC(C)C(N)=NC#N. The summed E-state index contributed by atoms with van der Waals surface area (Å²) in [7, 11) is 0. The molecule has 1 atom stereocenters. The van der Waals surface area contributed by atoms with E-state index in [0.29, 0.717) is 5.84 Å². The third-order valence-electron chi connectivity index (χ3n) is 1.41. The number of amidine groups is 1. The molecule has 1 unspecified atom stereocenters. The first kappa shape index (κ1) is 8.96. The second-order valence-electron chi connectivity index (χ2n) is 2.33. The highest BCUT2D eigenvalue weighted by Crippen LogP contribution is 2.03.